The Hall–Kier alpha value is -3.06. The molecule has 4 nitrogen and oxygen atoms in total. The molecule has 0 atom stereocenters. The van der Waals surface area contributed by atoms with Crippen molar-refractivity contribution < 1.29 is 4.42 Å². The Balaban J connectivity index is 1.71. The zero-order chi connectivity index (χ0) is 15.2. The third-order valence-electron chi connectivity index (χ3n) is 3.30. The number of oxazole rings is 1. The number of nitrogens with zero attached hydrogens (tertiary/aromatic N) is 2. The van der Waals surface area contributed by atoms with Crippen LogP contribution in [0.2, 0.25) is 0 Å². The number of nitrogens with one attached hydrogen (secondary N) is 1. The summed E-state index contributed by atoms with van der Waals surface area (Å²) >= 11 is 0. The number of aromatic nitrogens is 1. The lowest BCUT2D eigenvalue weighted by atomic mass is 10.1. The Bertz CT molecular complexity index is 773. The third-order valence-corrected chi connectivity index (χ3v) is 3.30. The van der Waals surface area contributed by atoms with Gasteiger partial charge in [-0.2, -0.15) is 10.2 Å². The highest BCUT2D eigenvalue weighted by atomic mass is 16.4. The molecule has 1 N–H and O–H groups in total. The van der Waals surface area contributed by atoms with E-state index in [0.717, 1.165) is 12.0 Å². The molecule has 0 radical (unpaired) electrons. The van der Waals surface area contributed by atoms with Gasteiger partial charge in [0.25, 0.3) is 0 Å². The molecule has 1 aromatic heterocycles. The zero-order valence-electron chi connectivity index (χ0n) is 12.0. The summed E-state index contributed by atoms with van der Waals surface area (Å²) in [5.74, 6) is 0.886. The second kappa shape index (κ2) is 6.59. The normalized spacial score (nSPS) is 10.1. The van der Waals surface area contributed by atoms with E-state index in [0.29, 0.717) is 18.3 Å². The first-order valence-electron chi connectivity index (χ1n) is 7.11. The van der Waals surface area contributed by atoms with Crippen LogP contribution >= 0.6 is 0 Å². The third kappa shape index (κ3) is 3.15. The van der Waals surface area contributed by atoms with Crippen molar-refractivity contribution in [2.75, 3.05) is 11.9 Å². The van der Waals surface area contributed by atoms with Gasteiger partial charge in [-0.15, -0.1) is 0 Å². The minimum Gasteiger partial charge on any atom is -0.419 e. The van der Waals surface area contributed by atoms with Gasteiger partial charge in [0.15, 0.2) is 0 Å². The molecule has 108 valence electrons. The topological polar surface area (TPSA) is 61.9 Å². The Labute approximate surface area is 129 Å². The standard InChI is InChI=1S/C18H15N3O/c19-13-16-18(20-12-11-14-7-3-1-4-8-14)22-17(21-16)15-9-5-2-6-10-15/h1-10,20H,11-12H2. The van der Waals surface area contributed by atoms with E-state index in [9.17, 15) is 5.26 Å². The van der Waals surface area contributed by atoms with Crippen molar-refractivity contribution in [1.82, 2.24) is 4.98 Å². The van der Waals surface area contributed by atoms with E-state index in [1.54, 1.807) is 0 Å². The van der Waals surface area contributed by atoms with Crippen molar-refractivity contribution >= 4 is 5.88 Å². The molecule has 3 rings (SSSR count). The predicted octanol–water partition coefficient (Wildman–Crippen LogP) is 3.87. The van der Waals surface area contributed by atoms with Crippen molar-refractivity contribution in [3.63, 3.8) is 0 Å². The Morgan fingerprint density at radius 2 is 1.68 bits per heavy atom. The quantitative estimate of drug-likeness (QED) is 0.774. The summed E-state index contributed by atoms with van der Waals surface area (Å²) in [4.78, 5) is 4.23. The number of nitriles is 1. The summed E-state index contributed by atoms with van der Waals surface area (Å²) < 4.78 is 5.68. The van der Waals surface area contributed by atoms with Crippen LogP contribution in [-0.4, -0.2) is 11.5 Å². The summed E-state index contributed by atoms with van der Waals surface area (Å²) in [5, 5.41) is 12.3. The molecule has 0 saturated carbocycles. The van der Waals surface area contributed by atoms with Crippen molar-refractivity contribution in [2.45, 2.75) is 6.42 Å². The summed E-state index contributed by atoms with van der Waals surface area (Å²) in [5.41, 5.74) is 2.37. The van der Waals surface area contributed by atoms with E-state index in [-0.39, 0.29) is 5.69 Å². The molecule has 0 bridgehead atoms. The lowest BCUT2D eigenvalue weighted by Crippen LogP contribution is -2.05. The Morgan fingerprint density at radius 1 is 1.00 bits per heavy atom. The van der Waals surface area contributed by atoms with E-state index in [1.807, 2.05) is 48.5 Å². The summed E-state index contributed by atoms with van der Waals surface area (Å²) in [6, 6.07) is 21.8. The van der Waals surface area contributed by atoms with Gasteiger partial charge in [-0.25, -0.2) is 0 Å². The largest absolute Gasteiger partial charge is 0.419 e. The number of hydrogen-bond acceptors (Lipinski definition) is 4. The van der Waals surface area contributed by atoms with Gasteiger partial charge in [0.1, 0.15) is 6.07 Å². The molecule has 0 unspecified atom stereocenters. The highest BCUT2D eigenvalue weighted by molar-refractivity contribution is 5.58. The molecule has 0 aliphatic rings. The lowest BCUT2D eigenvalue weighted by molar-refractivity contribution is 0.585. The Kier molecular flexibility index (Phi) is 4.17. The van der Waals surface area contributed by atoms with Crippen LogP contribution in [0.25, 0.3) is 11.5 Å². The molecular weight excluding hydrogens is 274 g/mol. The van der Waals surface area contributed by atoms with E-state index >= 15 is 0 Å². The fraction of sp³-hybridized carbons (Fsp3) is 0.111. The molecule has 1 heterocycles. The summed E-state index contributed by atoms with van der Waals surface area (Å²) in [6.45, 7) is 0.683. The van der Waals surface area contributed by atoms with E-state index in [2.05, 4.69) is 28.5 Å². The maximum Gasteiger partial charge on any atom is 0.232 e. The molecule has 0 saturated heterocycles. The van der Waals surface area contributed by atoms with Crippen LogP contribution in [0, 0.1) is 11.3 Å². The van der Waals surface area contributed by atoms with Crippen LogP contribution in [-0.2, 0) is 6.42 Å². The maximum absolute atomic E-state index is 9.18. The fourth-order valence-electron chi connectivity index (χ4n) is 2.18. The van der Waals surface area contributed by atoms with E-state index < -0.39 is 0 Å². The zero-order valence-corrected chi connectivity index (χ0v) is 12.0. The van der Waals surface area contributed by atoms with Crippen LogP contribution < -0.4 is 5.32 Å². The van der Waals surface area contributed by atoms with Crippen LogP contribution in [0.3, 0.4) is 0 Å². The average molecular weight is 289 g/mol. The smallest absolute Gasteiger partial charge is 0.232 e. The second-order valence-corrected chi connectivity index (χ2v) is 4.84. The summed E-state index contributed by atoms with van der Waals surface area (Å²) in [6.07, 6.45) is 0.854. The highest BCUT2D eigenvalue weighted by Gasteiger charge is 2.13. The number of benzene rings is 2. The fourth-order valence-corrected chi connectivity index (χ4v) is 2.18. The first kappa shape index (κ1) is 13.9. The second-order valence-electron chi connectivity index (χ2n) is 4.84. The highest BCUT2D eigenvalue weighted by Crippen LogP contribution is 2.24. The van der Waals surface area contributed by atoms with Crippen molar-refractivity contribution in [2.24, 2.45) is 0 Å². The van der Waals surface area contributed by atoms with Gasteiger partial charge in [0, 0.05) is 12.1 Å². The summed E-state index contributed by atoms with van der Waals surface area (Å²) in [7, 11) is 0. The molecule has 0 fully saturated rings. The van der Waals surface area contributed by atoms with Crippen LogP contribution in [0.5, 0.6) is 0 Å². The molecule has 0 aliphatic heterocycles. The Morgan fingerprint density at radius 3 is 2.36 bits per heavy atom. The molecular formula is C18H15N3O. The lowest BCUT2D eigenvalue weighted by Gasteiger charge is -2.03. The van der Waals surface area contributed by atoms with E-state index in [4.69, 9.17) is 4.42 Å². The average Bonchev–Trinajstić information content (AvgIpc) is 3.00. The van der Waals surface area contributed by atoms with Crippen molar-refractivity contribution in [3.05, 3.63) is 71.9 Å². The van der Waals surface area contributed by atoms with Crippen LogP contribution in [0.15, 0.2) is 65.1 Å². The number of anilines is 1. The molecule has 0 amide bonds. The minimum atomic E-state index is 0.284. The van der Waals surface area contributed by atoms with Gasteiger partial charge in [0.05, 0.1) is 0 Å². The van der Waals surface area contributed by atoms with Gasteiger partial charge in [0.2, 0.25) is 17.5 Å². The van der Waals surface area contributed by atoms with Gasteiger partial charge < -0.3 is 9.73 Å². The van der Waals surface area contributed by atoms with Crippen molar-refractivity contribution in [1.29, 1.82) is 5.26 Å². The van der Waals surface area contributed by atoms with Crippen molar-refractivity contribution in [3.8, 4) is 17.5 Å². The molecule has 4 heteroatoms. The van der Waals surface area contributed by atoms with Gasteiger partial charge >= 0.3 is 0 Å². The maximum atomic E-state index is 9.18. The van der Waals surface area contributed by atoms with Crippen LogP contribution in [0.1, 0.15) is 11.3 Å². The van der Waals surface area contributed by atoms with Gasteiger partial charge in [-0.3, -0.25) is 0 Å². The van der Waals surface area contributed by atoms with Gasteiger partial charge in [-0.1, -0.05) is 48.5 Å². The first-order chi connectivity index (χ1) is 10.9. The number of rotatable bonds is 5. The van der Waals surface area contributed by atoms with Gasteiger partial charge in [-0.05, 0) is 24.1 Å². The molecule has 0 aliphatic carbocycles. The number of hydrogen-bond donors (Lipinski definition) is 1. The van der Waals surface area contributed by atoms with Crippen LogP contribution in [0.4, 0.5) is 5.88 Å². The minimum absolute atomic E-state index is 0.284. The predicted molar refractivity (Wildman–Crippen MR) is 85.3 cm³/mol. The molecule has 0 spiro atoms. The van der Waals surface area contributed by atoms with E-state index in [1.165, 1.54) is 5.56 Å². The molecule has 3 aromatic rings. The first-order valence-corrected chi connectivity index (χ1v) is 7.11. The molecule has 22 heavy (non-hydrogen) atoms. The monoisotopic (exact) mass is 289 g/mol. The SMILES string of the molecule is N#Cc1nc(-c2ccccc2)oc1NCCc1ccccc1. The molecule has 2 aromatic carbocycles.